The SMILES string of the molecule is O=C(O)CC1(c2ccc(CCN3CCOCC3)c(Br)c2)CC1. The predicted molar refractivity (Wildman–Crippen MR) is 88.3 cm³/mol. The van der Waals surface area contributed by atoms with Crippen LogP contribution in [0.2, 0.25) is 0 Å². The van der Waals surface area contributed by atoms with E-state index in [1.165, 1.54) is 5.56 Å². The normalized spacial score (nSPS) is 20.8. The minimum Gasteiger partial charge on any atom is -0.481 e. The number of carboxylic acid groups (broad SMARTS) is 1. The number of hydrogen-bond donors (Lipinski definition) is 1. The molecule has 1 aromatic rings. The number of aliphatic carboxylic acids is 1. The summed E-state index contributed by atoms with van der Waals surface area (Å²) >= 11 is 3.67. The first-order valence-electron chi connectivity index (χ1n) is 7.90. The third-order valence-electron chi connectivity index (χ3n) is 4.81. The summed E-state index contributed by atoms with van der Waals surface area (Å²) in [6, 6.07) is 6.40. The second kappa shape index (κ2) is 6.69. The summed E-state index contributed by atoms with van der Waals surface area (Å²) in [4.78, 5) is 13.5. The first-order valence-corrected chi connectivity index (χ1v) is 8.69. The highest BCUT2D eigenvalue weighted by atomic mass is 79.9. The molecule has 0 unspecified atom stereocenters. The quantitative estimate of drug-likeness (QED) is 0.839. The van der Waals surface area contributed by atoms with Gasteiger partial charge in [0.05, 0.1) is 19.6 Å². The topological polar surface area (TPSA) is 49.8 Å². The van der Waals surface area contributed by atoms with E-state index in [1.807, 2.05) is 0 Å². The van der Waals surface area contributed by atoms with E-state index in [0.29, 0.717) is 0 Å². The van der Waals surface area contributed by atoms with Crippen molar-refractivity contribution in [1.82, 2.24) is 4.90 Å². The summed E-state index contributed by atoms with van der Waals surface area (Å²) in [7, 11) is 0. The van der Waals surface area contributed by atoms with E-state index in [-0.39, 0.29) is 11.8 Å². The van der Waals surface area contributed by atoms with E-state index in [1.54, 1.807) is 0 Å². The Kier molecular flexibility index (Phi) is 4.85. The van der Waals surface area contributed by atoms with Gasteiger partial charge in [-0.05, 0) is 36.5 Å². The van der Waals surface area contributed by atoms with Gasteiger partial charge in [0.1, 0.15) is 0 Å². The van der Waals surface area contributed by atoms with Gasteiger partial charge in [-0.1, -0.05) is 28.1 Å². The third kappa shape index (κ3) is 3.70. The second-order valence-electron chi connectivity index (χ2n) is 6.36. The summed E-state index contributed by atoms with van der Waals surface area (Å²) < 4.78 is 6.47. The van der Waals surface area contributed by atoms with E-state index < -0.39 is 5.97 Å². The van der Waals surface area contributed by atoms with E-state index in [4.69, 9.17) is 9.84 Å². The van der Waals surface area contributed by atoms with E-state index in [2.05, 4.69) is 39.0 Å². The van der Waals surface area contributed by atoms with Gasteiger partial charge in [-0.2, -0.15) is 0 Å². The Balaban J connectivity index is 1.63. The molecule has 0 spiro atoms. The Hall–Kier alpha value is -0.910. The van der Waals surface area contributed by atoms with E-state index in [9.17, 15) is 4.79 Å². The molecule has 4 nitrogen and oxygen atoms in total. The number of halogens is 1. The summed E-state index contributed by atoms with van der Waals surface area (Å²) in [6.45, 7) is 4.73. The van der Waals surface area contributed by atoms with Crippen molar-refractivity contribution >= 4 is 21.9 Å². The Morgan fingerprint density at radius 2 is 2.05 bits per heavy atom. The monoisotopic (exact) mass is 367 g/mol. The fraction of sp³-hybridized carbons (Fsp3) is 0.588. The molecule has 1 aliphatic carbocycles. The molecule has 0 aromatic heterocycles. The van der Waals surface area contributed by atoms with Gasteiger partial charge in [-0.15, -0.1) is 0 Å². The van der Waals surface area contributed by atoms with Crippen LogP contribution in [-0.4, -0.2) is 48.8 Å². The fourth-order valence-electron chi connectivity index (χ4n) is 3.19. The maximum atomic E-state index is 11.0. The third-order valence-corrected chi connectivity index (χ3v) is 5.55. The van der Waals surface area contributed by atoms with Crippen LogP contribution >= 0.6 is 15.9 Å². The van der Waals surface area contributed by atoms with Crippen LogP contribution in [0.25, 0.3) is 0 Å². The van der Waals surface area contributed by atoms with Crippen molar-refractivity contribution < 1.29 is 14.6 Å². The van der Waals surface area contributed by atoms with Crippen molar-refractivity contribution in [3.05, 3.63) is 33.8 Å². The van der Waals surface area contributed by atoms with Crippen LogP contribution in [0.15, 0.2) is 22.7 Å². The molecule has 1 aromatic carbocycles. The van der Waals surface area contributed by atoms with Crippen molar-refractivity contribution in [2.75, 3.05) is 32.8 Å². The molecule has 2 fully saturated rings. The zero-order valence-electron chi connectivity index (χ0n) is 12.7. The van der Waals surface area contributed by atoms with Gasteiger partial charge >= 0.3 is 5.97 Å². The van der Waals surface area contributed by atoms with Gasteiger partial charge in [0.2, 0.25) is 0 Å². The standard InChI is InChI=1S/C17H22BrNO3/c18-15-11-14(17(4-5-17)12-16(20)21)2-1-13(15)3-6-19-7-9-22-10-8-19/h1-2,11H,3-10,12H2,(H,20,21). The van der Waals surface area contributed by atoms with Gasteiger partial charge in [0.25, 0.3) is 0 Å². The molecule has 1 saturated heterocycles. The molecular formula is C17H22BrNO3. The number of carbonyl (C=O) groups is 1. The summed E-state index contributed by atoms with van der Waals surface area (Å²) in [6.07, 6.45) is 3.22. The highest BCUT2D eigenvalue weighted by Gasteiger charge is 2.46. The lowest BCUT2D eigenvalue weighted by molar-refractivity contribution is -0.137. The molecule has 3 rings (SSSR count). The van der Waals surface area contributed by atoms with Gasteiger partial charge in [-0.25, -0.2) is 0 Å². The molecular weight excluding hydrogens is 346 g/mol. The molecule has 0 atom stereocenters. The minimum atomic E-state index is -0.704. The largest absolute Gasteiger partial charge is 0.481 e. The zero-order chi connectivity index (χ0) is 15.6. The van der Waals surface area contributed by atoms with E-state index >= 15 is 0 Å². The number of ether oxygens (including phenoxy) is 1. The molecule has 120 valence electrons. The molecule has 1 heterocycles. The molecule has 1 N–H and O–H groups in total. The van der Waals surface area contributed by atoms with Crippen LogP contribution < -0.4 is 0 Å². The first-order chi connectivity index (χ1) is 10.6. The summed E-state index contributed by atoms with van der Waals surface area (Å²) in [5, 5.41) is 9.08. The molecule has 0 amide bonds. The van der Waals surface area contributed by atoms with Crippen LogP contribution in [0, 0.1) is 0 Å². The zero-order valence-corrected chi connectivity index (χ0v) is 14.3. The van der Waals surface area contributed by atoms with Crippen molar-refractivity contribution in [2.24, 2.45) is 0 Å². The highest BCUT2D eigenvalue weighted by Crippen LogP contribution is 2.51. The average Bonchev–Trinajstić information content (AvgIpc) is 3.27. The number of hydrogen-bond acceptors (Lipinski definition) is 3. The molecule has 22 heavy (non-hydrogen) atoms. The number of carboxylic acids is 1. The highest BCUT2D eigenvalue weighted by molar-refractivity contribution is 9.10. The molecule has 1 saturated carbocycles. The minimum absolute atomic E-state index is 0.114. The van der Waals surface area contributed by atoms with Crippen molar-refractivity contribution in [2.45, 2.75) is 31.1 Å². The van der Waals surface area contributed by atoms with Crippen LogP contribution in [0.5, 0.6) is 0 Å². The molecule has 1 aliphatic heterocycles. The maximum absolute atomic E-state index is 11.0. The maximum Gasteiger partial charge on any atom is 0.304 e. The lowest BCUT2D eigenvalue weighted by Crippen LogP contribution is -2.37. The smallest absolute Gasteiger partial charge is 0.304 e. The lowest BCUT2D eigenvalue weighted by Gasteiger charge is -2.26. The Bertz CT molecular complexity index is 551. The van der Waals surface area contributed by atoms with Crippen molar-refractivity contribution in [3.8, 4) is 0 Å². The van der Waals surface area contributed by atoms with Crippen LogP contribution in [0.1, 0.15) is 30.4 Å². The summed E-state index contributed by atoms with van der Waals surface area (Å²) in [5.41, 5.74) is 2.34. The van der Waals surface area contributed by atoms with Crippen molar-refractivity contribution in [1.29, 1.82) is 0 Å². The number of nitrogens with zero attached hydrogens (tertiary/aromatic N) is 1. The molecule has 5 heteroatoms. The number of benzene rings is 1. The number of rotatable bonds is 6. The fourth-order valence-corrected chi connectivity index (χ4v) is 3.77. The average molecular weight is 368 g/mol. The van der Waals surface area contributed by atoms with Gasteiger partial charge in [-0.3, -0.25) is 9.69 Å². The van der Waals surface area contributed by atoms with E-state index in [0.717, 1.165) is 62.1 Å². The molecule has 0 radical (unpaired) electrons. The number of morpholine rings is 1. The molecule has 2 aliphatic rings. The second-order valence-corrected chi connectivity index (χ2v) is 7.22. The van der Waals surface area contributed by atoms with Crippen LogP contribution in [-0.2, 0) is 21.4 Å². The van der Waals surface area contributed by atoms with Gasteiger partial charge in [0, 0.05) is 29.5 Å². The Morgan fingerprint density at radius 3 is 2.64 bits per heavy atom. The lowest BCUT2D eigenvalue weighted by atomic mass is 9.91. The van der Waals surface area contributed by atoms with Gasteiger partial charge < -0.3 is 9.84 Å². The van der Waals surface area contributed by atoms with Crippen molar-refractivity contribution in [3.63, 3.8) is 0 Å². The Labute approximate surface area is 139 Å². The van der Waals surface area contributed by atoms with Crippen LogP contribution in [0.3, 0.4) is 0 Å². The van der Waals surface area contributed by atoms with Gasteiger partial charge in [0.15, 0.2) is 0 Å². The predicted octanol–water partition coefficient (Wildman–Crippen LogP) is 2.83. The Morgan fingerprint density at radius 1 is 1.32 bits per heavy atom. The molecule has 0 bridgehead atoms. The van der Waals surface area contributed by atoms with Crippen LogP contribution in [0.4, 0.5) is 0 Å². The summed E-state index contributed by atoms with van der Waals surface area (Å²) in [5.74, 6) is -0.704. The first kappa shape index (κ1) is 16.0.